The summed E-state index contributed by atoms with van der Waals surface area (Å²) in [4.78, 5) is 0. The zero-order chi connectivity index (χ0) is 38.3. The minimum absolute atomic E-state index is 0.0905. The minimum Gasteiger partial charge on any atom is -0.469 e. The van der Waals surface area contributed by atoms with E-state index in [9.17, 15) is 0 Å². The zero-order valence-electron chi connectivity index (χ0n) is 33.5. The molecule has 2 aliphatic rings. The lowest BCUT2D eigenvalue weighted by Gasteiger charge is -2.41. The number of nitrogens with one attached hydrogen (secondary N) is 1. The highest BCUT2D eigenvalue weighted by molar-refractivity contribution is 6.74. The second-order valence-electron chi connectivity index (χ2n) is 18.8. The van der Waals surface area contributed by atoms with Gasteiger partial charge in [0.2, 0.25) is 7.28 Å². The van der Waals surface area contributed by atoms with Crippen molar-refractivity contribution in [3.05, 3.63) is 138 Å². The standard InChI is InChI=1S/C52H47BN2O/c1-50(2,3)31-21-23-32(24-22-31)54-40-19-13-12-18-36(40)43-34-16-10-11-17-35(34)45-44-33-15-9-8-14-30(33)20-25-41(44)55-47-37-28-38-39(52(6,7)27-26-51(38,4)5)29-42(37)56-49(47)53-46(43)48(45)55/h8-25,28-29,53-54H,26-27H2,1-7H3. The molecule has 1 aliphatic carbocycles. The molecule has 0 atom stereocenters. The van der Waals surface area contributed by atoms with E-state index in [0.29, 0.717) is 7.28 Å². The molecule has 274 valence electrons. The van der Waals surface area contributed by atoms with Crippen LogP contribution in [0, 0.1) is 0 Å². The number of para-hydroxylation sites is 1. The van der Waals surface area contributed by atoms with Crippen molar-refractivity contribution < 1.29 is 4.42 Å². The van der Waals surface area contributed by atoms with Crippen LogP contribution in [0.5, 0.6) is 0 Å². The molecule has 56 heavy (non-hydrogen) atoms. The van der Waals surface area contributed by atoms with Gasteiger partial charge in [-0.2, -0.15) is 0 Å². The number of hydrogen-bond acceptors (Lipinski definition) is 2. The summed E-state index contributed by atoms with van der Waals surface area (Å²) in [6.07, 6.45) is 2.35. The molecule has 4 heteroatoms. The molecular weight excluding hydrogens is 679 g/mol. The van der Waals surface area contributed by atoms with Crippen molar-refractivity contribution in [1.82, 2.24) is 4.57 Å². The SMILES string of the molecule is CC(C)(C)c1ccc(Nc2ccccc2-c2c3c4c(c5ccccc25)c2c5ccccc5ccc2n4-c2c(oc4cc5c(cc24)C(C)(C)CCC5(C)C)B3)cc1. The molecule has 3 heterocycles. The number of benzene rings is 7. The summed E-state index contributed by atoms with van der Waals surface area (Å²) in [5, 5.41) is 12.8. The maximum absolute atomic E-state index is 7.14. The molecule has 1 N–H and O–H groups in total. The number of hydrogen-bond donors (Lipinski definition) is 1. The molecule has 11 rings (SSSR count). The first-order valence-electron chi connectivity index (χ1n) is 20.4. The summed E-state index contributed by atoms with van der Waals surface area (Å²) in [6.45, 7) is 16.5. The Morgan fingerprint density at radius 2 is 1.32 bits per heavy atom. The van der Waals surface area contributed by atoms with E-state index in [-0.39, 0.29) is 16.2 Å². The average Bonchev–Trinajstić information content (AvgIpc) is 3.73. The maximum atomic E-state index is 7.14. The van der Waals surface area contributed by atoms with Gasteiger partial charge in [-0.1, -0.05) is 133 Å². The third kappa shape index (κ3) is 4.71. The van der Waals surface area contributed by atoms with Crippen molar-refractivity contribution in [2.45, 2.75) is 77.6 Å². The van der Waals surface area contributed by atoms with E-state index >= 15 is 0 Å². The summed E-state index contributed by atoms with van der Waals surface area (Å²) in [5.41, 5.74) is 16.2. The fourth-order valence-electron chi connectivity index (χ4n) is 10.3. The van der Waals surface area contributed by atoms with Crippen LogP contribution in [-0.2, 0) is 16.2 Å². The first-order valence-corrected chi connectivity index (χ1v) is 20.4. The number of rotatable bonds is 3. The largest absolute Gasteiger partial charge is 0.469 e. The van der Waals surface area contributed by atoms with Crippen molar-refractivity contribution in [3.63, 3.8) is 0 Å². The maximum Gasteiger partial charge on any atom is 0.244 e. The smallest absolute Gasteiger partial charge is 0.244 e. The second-order valence-corrected chi connectivity index (χ2v) is 18.8. The number of nitrogens with zero attached hydrogens (tertiary/aromatic N) is 1. The molecule has 1 aliphatic heterocycles. The van der Waals surface area contributed by atoms with Crippen molar-refractivity contribution >= 4 is 84.1 Å². The van der Waals surface area contributed by atoms with Crippen molar-refractivity contribution in [1.29, 1.82) is 0 Å². The van der Waals surface area contributed by atoms with E-state index in [4.69, 9.17) is 4.42 Å². The van der Waals surface area contributed by atoms with Gasteiger partial charge in [-0.25, -0.2) is 0 Å². The summed E-state index contributed by atoms with van der Waals surface area (Å²) >= 11 is 0. The molecule has 0 fully saturated rings. The molecule has 3 nitrogen and oxygen atoms in total. The van der Waals surface area contributed by atoms with Crippen LogP contribution in [0.3, 0.4) is 0 Å². The van der Waals surface area contributed by atoms with Crippen LogP contribution in [0.15, 0.2) is 126 Å². The zero-order valence-corrected chi connectivity index (χ0v) is 33.5. The summed E-state index contributed by atoms with van der Waals surface area (Å²) in [7, 11) is 0.709. The Kier molecular flexibility index (Phi) is 6.85. The van der Waals surface area contributed by atoms with Crippen molar-refractivity contribution in [2.24, 2.45) is 0 Å². The lowest BCUT2D eigenvalue weighted by molar-refractivity contribution is 0.332. The van der Waals surface area contributed by atoms with Crippen LogP contribution in [0.4, 0.5) is 11.4 Å². The topological polar surface area (TPSA) is 30.1 Å². The fraction of sp³-hybridized carbons (Fsp3) is 0.231. The lowest BCUT2D eigenvalue weighted by atomic mass is 9.61. The van der Waals surface area contributed by atoms with Gasteiger partial charge in [0.25, 0.3) is 0 Å². The first-order chi connectivity index (χ1) is 26.9. The molecule has 0 unspecified atom stereocenters. The third-order valence-electron chi connectivity index (χ3n) is 13.4. The number of anilines is 2. The molecule has 0 saturated carbocycles. The van der Waals surface area contributed by atoms with E-state index in [0.717, 1.165) is 22.6 Å². The van der Waals surface area contributed by atoms with Gasteiger partial charge in [0.1, 0.15) is 5.58 Å². The molecule has 9 aromatic rings. The Balaban J connectivity index is 1.25. The van der Waals surface area contributed by atoms with E-state index in [1.807, 2.05) is 0 Å². The first kappa shape index (κ1) is 33.6. The predicted octanol–water partition coefficient (Wildman–Crippen LogP) is 12.6. The van der Waals surface area contributed by atoms with Crippen molar-refractivity contribution in [3.8, 4) is 16.8 Å². The molecule has 7 aromatic carbocycles. The quantitative estimate of drug-likeness (QED) is 0.184. The van der Waals surface area contributed by atoms with Gasteiger partial charge >= 0.3 is 0 Å². The Morgan fingerprint density at radius 1 is 0.661 bits per heavy atom. The summed E-state index contributed by atoms with van der Waals surface area (Å²) in [5.74, 6) is 0. The Labute approximate surface area is 329 Å². The Bertz CT molecular complexity index is 3110. The third-order valence-corrected chi connectivity index (χ3v) is 13.4. The van der Waals surface area contributed by atoms with Crippen LogP contribution in [0.25, 0.3) is 71.1 Å². The van der Waals surface area contributed by atoms with Crippen LogP contribution < -0.4 is 16.4 Å². The van der Waals surface area contributed by atoms with Gasteiger partial charge in [-0.3, -0.25) is 0 Å². The second kappa shape index (κ2) is 11.4. The monoisotopic (exact) mass is 726 g/mol. The molecule has 0 spiro atoms. The number of fused-ring (bicyclic) bond motifs is 12. The molecule has 2 aromatic heterocycles. The molecule has 0 bridgehead atoms. The Morgan fingerprint density at radius 3 is 2.07 bits per heavy atom. The summed E-state index contributed by atoms with van der Waals surface area (Å²) in [6, 6.07) is 45.3. The highest BCUT2D eigenvalue weighted by Gasteiger charge is 2.39. The van der Waals surface area contributed by atoms with Crippen molar-refractivity contribution in [2.75, 3.05) is 5.32 Å². The van der Waals surface area contributed by atoms with Crippen LogP contribution in [0.1, 0.15) is 78.0 Å². The highest BCUT2D eigenvalue weighted by atomic mass is 16.3. The van der Waals surface area contributed by atoms with E-state index in [1.54, 1.807) is 0 Å². The molecule has 0 saturated heterocycles. The van der Waals surface area contributed by atoms with Gasteiger partial charge < -0.3 is 14.3 Å². The Hall–Kier alpha value is -5.74. The van der Waals surface area contributed by atoms with E-state index in [2.05, 4.69) is 180 Å². The van der Waals surface area contributed by atoms with E-state index < -0.39 is 0 Å². The minimum atomic E-state index is 0.0905. The summed E-state index contributed by atoms with van der Waals surface area (Å²) < 4.78 is 9.73. The van der Waals surface area contributed by atoms with Gasteiger partial charge in [-0.15, -0.1) is 0 Å². The number of furan rings is 1. The highest BCUT2D eigenvalue weighted by Crippen LogP contribution is 2.50. The lowest BCUT2D eigenvalue weighted by Crippen LogP contribution is -2.36. The number of aromatic nitrogens is 1. The van der Waals surface area contributed by atoms with Crippen LogP contribution >= 0.6 is 0 Å². The normalized spacial score (nSPS) is 15.7. The van der Waals surface area contributed by atoms with Crippen LogP contribution in [0.2, 0.25) is 0 Å². The predicted molar refractivity (Wildman–Crippen MR) is 241 cm³/mol. The van der Waals surface area contributed by atoms with Crippen LogP contribution in [-0.4, -0.2) is 11.8 Å². The molecule has 0 amide bonds. The van der Waals surface area contributed by atoms with Gasteiger partial charge in [0.15, 0.2) is 0 Å². The molecule has 0 radical (unpaired) electrons. The van der Waals surface area contributed by atoms with Gasteiger partial charge in [0.05, 0.1) is 22.4 Å². The van der Waals surface area contributed by atoms with E-state index in [1.165, 1.54) is 101 Å². The fourth-order valence-corrected chi connectivity index (χ4v) is 10.3. The van der Waals surface area contributed by atoms with Gasteiger partial charge in [0, 0.05) is 33.1 Å². The average molecular weight is 727 g/mol. The van der Waals surface area contributed by atoms with Gasteiger partial charge in [-0.05, 0) is 115 Å². The molecular formula is C52H47BN2O.